The zero-order chi connectivity index (χ0) is 22.3. The van der Waals surface area contributed by atoms with Crippen LogP contribution in [0, 0.1) is 0 Å². The lowest BCUT2D eigenvalue weighted by Gasteiger charge is -2.41. The average Bonchev–Trinajstić information content (AvgIpc) is 2.86. The van der Waals surface area contributed by atoms with E-state index in [1.807, 2.05) is 83.8 Å². The molecule has 1 aliphatic rings. The maximum atomic E-state index is 13.8. The van der Waals surface area contributed by atoms with Gasteiger partial charge in [0.1, 0.15) is 6.04 Å². The van der Waals surface area contributed by atoms with E-state index in [2.05, 4.69) is 22.3 Å². The number of nitrogens with zero attached hydrogens (tertiary/aromatic N) is 2. The number of hydrogen-bond acceptors (Lipinski definition) is 3. The lowest BCUT2D eigenvalue weighted by Crippen LogP contribution is -2.59. The molecule has 3 aromatic carbocycles. The van der Waals surface area contributed by atoms with Crippen molar-refractivity contribution in [2.75, 3.05) is 26.7 Å². The fourth-order valence-corrected chi connectivity index (χ4v) is 4.39. The molecule has 1 fully saturated rings. The molecule has 0 aliphatic carbocycles. The summed E-state index contributed by atoms with van der Waals surface area (Å²) in [4.78, 5) is 30.6. The number of piperazine rings is 1. The molecule has 0 saturated carbocycles. The molecule has 1 heterocycles. The van der Waals surface area contributed by atoms with Crippen LogP contribution in [-0.4, -0.2) is 54.3 Å². The van der Waals surface area contributed by atoms with Crippen LogP contribution in [-0.2, 0) is 16.1 Å². The first-order valence-electron chi connectivity index (χ1n) is 11.1. The van der Waals surface area contributed by atoms with Gasteiger partial charge in [0.2, 0.25) is 11.8 Å². The molecule has 1 atom stereocenters. The maximum Gasteiger partial charge on any atom is 0.238 e. The van der Waals surface area contributed by atoms with E-state index in [-0.39, 0.29) is 23.8 Å². The van der Waals surface area contributed by atoms with E-state index < -0.39 is 0 Å². The lowest BCUT2D eigenvalue weighted by atomic mass is 9.89. The molecule has 1 saturated heterocycles. The molecular formula is C27H29N3O2. The van der Waals surface area contributed by atoms with Gasteiger partial charge in [0, 0.05) is 33.2 Å². The number of benzene rings is 3. The van der Waals surface area contributed by atoms with Crippen LogP contribution in [0.15, 0.2) is 91.0 Å². The first-order chi connectivity index (χ1) is 15.7. The molecule has 0 unspecified atom stereocenters. The van der Waals surface area contributed by atoms with E-state index in [0.29, 0.717) is 26.2 Å². The molecule has 3 aromatic rings. The van der Waals surface area contributed by atoms with Gasteiger partial charge in [0.25, 0.3) is 0 Å². The highest BCUT2D eigenvalue weighted by Crippen LogP contribution is 2.28. The third-order valence-electron chi connectivity index (χ3n) is 6.09. The van der Waals surface area contributed by atoms with Crippen molar-refractivity contribution in [1.82, 2.24) is 15.1 Å². The molecule has 1 N–H and O–H groups in total. The smallest absolute Gasteiger partial charge is 0.238 e. The molecule has 32 heavy (non-hydrogen) atoms. The van der Waals surface area contributed by atoms with Crippen molar-refractivity contribution in [2.24, 2.45) is 0 Å². The SMILES string of the molecule is CNC(=O)[C@@H]1CN(C(=O)C(c2ccccc2)c2ccccc2)CCN1Cc1ccccc1. The number of amides is 2. The fourth-order valence-electron chi connectivity index (χ4n) is 4.39. The highest BCUT2D eigenvalue weighted by Gasteiger charge is 2.36. The second-order valence-corrected chi connectivity index (χ2v) is 8.12. The normalized spacial score (nSPS) is 16.7. The Bertz CT molecular complexity index is 985. The fraction of sp³-hybridized carbons (Fsp3) is 0.259. The van der Waals surface area contributed by atoms with Crippen molar-refractivity contribution in [3.05, 3.63) is 108 Å². The predicted octanol–water partition coefficient (Wildman–Crippen LogP) is 3.28. The van der Waals surface area contributed by atoms with Gasteiger partial charge in [0.05, 0.1) is 5.92 Å². The van der Waals surface area contributed by atoms with E-state index in [1.165, 1.54) is 0 Å². The Labute approximate surface area is 189 Å². The number of hydrogen-bond donors (Lipinski definition) is 1. The van der Waals surface area contributed by atoms with Crippen LogP contribution in [0.25, 0.3) is 0 Å². The number of likely N-dealkylation sites (N-methyl/N-ethyl adjacent to an activating group) is 1. The topological polar surface area (TPSA) is 52.7 Å². The molecule has 0 bridgehead atoms. The van der Waals surface area contributed by atoms with Gasteiger partial charge in [-0.15, -0.1) is 0 Å². The molecule has 1 aliphatic heterocycles. The van der Waals surface area contributed by atoms with Crippen molar-refractivity contribution in [1.29, 1.82) is 0 Å². The van der Waals surface area contributed by atoms with Gasteiger partial charge < -0.3 is 10.2 Å². The summed E-state index contributed by atoms with van der Waals surface area (Å²) in [5.41, 5.74) is 3.09. The number of carbonyl (C=O) groups excluding carboxylic acids is 2. The second-order valence-electron chi connectivity index (χ2n) is 8.12. The molecule has 164 valence electrons. The van der Waals surface area contributed by atoms with Crippen molar-refractivity contribution in [2.45, 2.75) is 18.5 Å². The molecule has 4 rings (SSSR count). The minimum Gasteiger partial charge on any atom is -0.358 e. The minimum absolute atomic E-state index is 0.0377. The monoisotopic (exact) mass is 427 g/mol. The van der Waals surface area contributed by atoms with Crippen molar-refractivity contribution >= 4 is 11.8 Å². The van der Waals surface area contributed by atoms with Gasteiger partial charge >= 0.3 is 0 Å². The summed E-state index contributed by atoms with van der Waals surface area (Å²) in [5.74, 6) is -0.409. The van der Waals surface area contributed by atoms with Crippen LogP contribution in [0.1, 0.15) is 22.6 Å². The summed E-state index contributed by atoms with van der Waals surface area (Å²) in [5, 5.41) is 2.78. The Kier molecular flexibility index (Phi) is 6.97. The Morgan fingerprint density at radius 2 is 1.38 bits per heavy atom. The summed E-state index contributed by atoms with van der Waals surface area (Å²) in [6.07, 6.45) is 0. The van der Waals surface area contributed by atoms with Gasteiger partial charge in [-0.2, -0.15) is 0 Å². The van der Waals surface area contributed by atoms with Crippen LogP contribution in [0.5, 0.6) is 0 Å². The number of nitrogens with one attached hydrogen (secondary N) is 1. The highest BCUT2D eigenvalue weighted by molar-refractivity contribution is 5.89. The summed E-state index contributed by atoms with van der Waals surface area (Å²) in [7, 11) is 1.65. The minimum atomic E-state index is -0.386. The van der Waals surface area contributed by atoms with Gasteiger partial charge in [-0.3, -0.25) is 14.5 Å². The van der Waals surface area contributed by atoms with Crippen molar-refractivity contribution in [3.8, 4) is 0 Å². The van der Waals surface area contributed by atoms with Crippen LogP contribution < -0.4 is 5.32 Å². The summed E-state index contributed by atoms with van der Waals surface area (Å²) >= 11 is 0. The summed E-state index contributed by atoms with van der Waals surface area (Å²) in [6.45, 7) is 2.30. The quantitative estimate of drug-likeness (QED) is 0.657. The zero-order valence-corrected chi connectivity index (χ0v) is 18.4. The second kappa shape index (κ2) is 10.2. The van der Waals surface area contributed by atoms with Crippen LogP contribution >= 0.6 is 0 Å². The Morgan fingerprint density at radius 1 is 0.844 bits per heavy atom. The van der Waals surface area contributed by atoms with E-state index >= 15 is 0 Å². The predicted molar refractivity (Wildman–Crippen MR) is 126 cm³/mol. The Balaban J connectivity index is 1.58. The van der Waals surface area contributed by atoms with Crippen LogP contribution in [0.4, 0.5) is 0 Å². The molecule has 5 heteroatoms. The van der Waals surface area contributed by atoms with E-state index in [9.17, 15) is 9.59 Å². The molecule has 0 radical (unpaired) electrons. The van der Waals surface area contributed by atoms with Gasteiger partial charge in [-0.1, -0.05) is 91.0 Å². The largest absolute Gasteiger partial charge is 0.358 e. The molecule has 0 aromatic heterocycles. The van der Waals surface area contributed by atoms with Crippen molar-refractivity contribution in [3.63, 3.8) is 0 Å². The van der Waals surface area contributed by atoms with E-state index in [0.717, 1.165) is 16.7 Å². The Morgan fingerprint density at radius 3 is 1.91 bits per heavy atom. The third-order valence-corrected chi connectivity index (χ3v) is 6.09. The van der Waals surface area contributed by atoms with Crippen molar-refractivity contribution < 1.29 is 9.59 Å². The molecular weight excluding hydrogens is 398 g/mol. The van der Waals surface area contributed by atoms with Gasteiger partial charge in [0.15, 0.2) is 0 Å². The van der Waals surface area contributed by atoms with E-state index in [4.69, 9.17) is 0 Å². The first-order valence-corrected chi connectivity index (χ1v) is 11.1. The van der Waals surface area contributed by atoms with Crippen LogP contribution in [0.3, 0.4) is 0 Å². The van der Waals surface area contributed by atoms with Gasteiger partial charge in [-0.25, -0.2) is 0 Å². The zero-order valence-electron chi connectivity index (χ0n) is 18.4. The number of rotatable bonds is 6. The molecule has 2 amide bonds. The summed E-state index contributed by atoms with van der Waals surface area (Å²) in [6, 6.07) is 29.5. The summed E-state index contributed by atoms with van der Waals surface area (Å²) < 4.78 is 0. The van der Waals surface area contributed by atoms with Crippen LogP contribution in [0.2, 0.25) is 0 Å². The average molecular weight is 428 g/mol. The maximum absolute atomic E-state index is 13.8. The highest BCUT2D eigenvalue weighted by atomic mass is 16.2. The first kappa shape index (κ1) is 21.8. The lowest BCUT2D eigenvalue weighted by molar-refractivity contribution is -0.138. The van der Waals surface area contributed by atoms with Gasteiger partial charge in [-0.05, 0) is 16.7 Å². The number of carbonyl (C=O) groups is 2. The van der Waals surface area contributed by atoms with E-state index in [1.54, 1.807) is 7.05 Å². The Hall–Kier alpha value is -3.44. The molecule has 0 spiro atoms. The molecule has 5 nitrogen and oxygen atoms in total. The standard InChI is InChI=1S/C27H29N3O2/c1-28-26(31)24-20-30(18-17-29(24)19-21-11-5-2-6-12-21)27(32)25(22-13-7-3-8-14-22)23-15-9-4-10-16-23/h2-16,24-25H,17-20H2,1H3,(H,28,31)/t24-/m0/s1. The third kappa shape index (κ3) is 4.89.